The van der Waals surface area contributed by atoms with E-state index in [9.17, 15) is 14.4 Å². The molecule has 0 saturated heterocycles. The fourth-order valence-electron chi connectivity index (χ4n) is 1.71. The van der Waals surface area contributed by atoms with Gasteiger partial charge in [0.25, 0.3) is 5.91 Å². The number of nitrogens with one attached hydrogen (secondary N) is 2. The second-order valence-corrected chi connectivity index (χ2v) is 6.03. The highest BCUT2D eigenvalue weighted by molar-refractivity contribution is 7.09. The number of halogens is 1. The maximum atomic E-state index is 11.8. The van der Waals surface area contributed by atoms with E-state index in [-0.39, 0.29) is 16.3 Å². The van der Waals surface area contributed by atoms with Gasteiger partial charge in [-0.1, -0.05) is 23.7 Å². The summed E-state index contributed by atoms with van der Waals surface area (Å²) in [6.07, 6.45) is 0. The summed E-state index contributed by atoms with van der Waals surface area (Å²) in [5.74, 6) is -1.56. The summed E-state index contributed by atoms with van der Waals surface area (Å²) in [4.78, 5) is 35.9. The van der Waals surface area contributed by atoms with Gasteiger partial charge in [-0.25, -0.2) is 9.59 Å². The zero-order valence-electron chi connectivity index (χ0n) is 12.4. The predicted molar refractivity (Wildman–Crippen MR) is 90.8 cm³/mol. The highest BCUT2D eigenvalue weighted by atomic mass is 35.5. The first-order chi connectivity index (χ1) is 11.5. The van der Waals surface area contributed by atoms with E-state index in [1.807, 2.05) is 17.5 Å². The first-order valence-electron chi connectivity index (χ1n) is 6.78. The van der Waals surface area contributed by atoms with Crippen molar-refractivity contribution in [1.29, 1.82) is 0 Å². The number of hydrogen-bond acceptors (Lipinski definition) is 6. The molecule has 0 atom stereocenters. The van der Waals surface area contributed by atoms with Gasteiger partial charge < -0.3 is 15.8 Å². The smallest absolute Gasteiger partial charge is 0.340 e. The normalized spacial score (nSPS) is 10.0. The Morgan fingerprint density at radius 3 is 2.71 bits per heavy atom. The monoisotopic (exact) mass is 367 g/mol. The van der Waals surface area contributed by atoms with Gasteiger partial charge in [-0.3, -0.25) is 10.1 Å². The minimum absolute atomic E-state index is 0.0532. The van der Waals surface area contributed by atoms with E-state index < -0.39 is 24.5 Å². The number of ether oxygens (including phenoxy) is 1. The maximum absolute atomic E-state index is 11.8. The molecular weight excluding hydrogens is 354 g/mol. The number of thiophene rings is 1. The molecule has 0 fully saturated rings. The van der Waals surface area contributed by atoms with Gasteiger partial charge in [0.2, 0.25) is 0 Å². The number of rotatable bonds is 5. The van der Waals surface area contributed by atoms with Crippen molar-refractivity contribution >= 4 is 46.5 Å². The van der Waals surface area contributed by atoms with Crippen molar-refractivity contribution < 1.29 is 19.1 Å². The van der Waals surface area contributed by atoms with E-state index in [4.69, 9.17) is 22.1 Å². The Labute approximate surface area is 146 Å². The fraction of sp³-hybridized carbons (Fsp3) is 0.133. The van der Waals surface area contributed by atoms with Gasteiger partial charge in [0.15, 0.2) is 6.61 Å². The number of benzene rings is 1. The zero-order chi connectivity index (χ0) is 17.5. The van der Waals surface area contributed by atoms with E-state index in [1.165, 1.54) is 29.5 Å². The van der Waals surface area contributed by atoms with Crippen molar-refractivity contribution in [2.45, 2.75) is 6.54 Å². The summed E-state index contributed by atoms with van der Waals surface area (Å²) in [7, 11) is 0. The van der Waals surface area contributed by atoms with Crippen molar-refractivity contribution in [2.24, 2.45) is 0 Å². The fourth-order valence-corrected chi connectivity index (χ4v) is 2.53. The molecule has 0 aliphatic carbocycles. The van der Waals surface area contributed by atoms with Gasteiger partial charge in [-0.05, 0) is 23.6 Å². The van der Waals surface area contributed by atoms with Crippen LogP contribution in [0.25, 0.3) is 0 Å². The Bertz CT molecular complexity index is 749. The second-order valence-electron chi connectivity index (χ2n) is 4.59. The van der Waals surface area contributed by atoms with Gasteiger partial charge >= 0.3 is 12.0 Å². The summed E-state index contributed by atoms with van der Waals surface area (Å²) in [6.45, 7) is -0.313. The zero-order valence-corrected chi connectivity index (χ0v) is 13.9. The lowest BCUT2D eigenvalue weighted by Gasteiger charge is -2.08. The number of nitrogens with two attached hydrogens (primary N) is 1. The van der Waals surface area contributed by atoms with Crippen molar-refractivity contribution in [3.8, 4) is 0 Å². The molecule has 24 heavy (non-hydrogen) atoms. The van der Waals surface area contributed by atoms with Gasteiger partial charge in [-0.15, -0.1) is 11.3 Å². The van der Waals surface area contributed by atoms with E-state index in [0.29, 0.717) is 6.54 Å². The highest BCUT2D eigenvalue weighted by Gasteiger charge is 2.15. The molecule has 2 rings (SSSR count). The van der Waals surface area contributed by atoms with Crippen LogP contribution in [0.15, 0.2) is 35.7 Å². The summed E-state index contributed by atoms with van der Waals surface area (Å²) < 4.78 is 4.81. The Morgan fingerprint density at radius 1 is 1.21 bits per heavy atom. The van der Waals surface area contributed by atoms with Gasteiger partial charge in [0, 0.05) is 4.88 Å². The Hall–Kier alpha value is -2.58. The molecule has 4 N–H and O–H groups in total. The molecule has 0 saturated carbocycles. The third-order valence-electron chi connectivity index (χ3n) is 2.86. The number of carbonyl (C=O) groups excluding carboxylic acids is 3. The van der Waals surface area contributed by atoms with Crippen LogP contribution < -0.4 is 16.4 Å². The van der Waals surface area contributed by atoms with Crippen molar-refractivity contribution in [3.63, 3.8) is 0 Å². The average molecular weight is 368 g/mol. The van der Waals surface area contributed by atoms with Gasteiger partial charge in [0.05, 0.1) is 22.8 Å². The van der Waals surface area contributed by atoms with Crippen LogP contribution >= 0.6 is 22.9 Å². The number of nitrogen functional groups attached to an aromatic ring is 1. The molecule has 1 heterocycles. The molecule has 0 radical (unpaired) electrons. The Kier molecular flexibility index (Phi) is 6.16. The number of urea groups is 1. The molecule has 9 heteroatoms. The minimum atomic E-state index is -0.802. The van der Waals surface area contributed by atoms with Crippen molar-refractivity contribution in [3.05, 3.63) is 51.2 Å². The first kappa shape index (κ1) is 17.8. The summed E-state index contributed by atoms with van der Waals surface area (Å²) >= 11 is 7.28. The number of hydrogen-bond donors (Lipinski definition) is 3. The van der Waals surface area contributed by atoms with Crippen LogP contribution in [-0.2, 0) is 16.1 Å². The Morgan fingerprint density at radius 2 is 2.00 bits per heavy atom. The number of esters is 1. The standard InChI is InChI=1S/C15H14ClN3O4S/c16-11-5-1-4-10(13(11)17)14(21)23-8-12(20)19-15(22)18-7-9-3-2-6-24-9/h1-6H,7-8,17H2,(H2,18,19,20,22). The molecule has 7 nitrogen and oxygen atoms in total. The van der Waals surface area contributed by atoms with E-state index >= 15 is 0 Å². The van der Waals surface area contributed by atoms with Gasteiger partial charge in [-0.2, -0.15) is 0 Å². The molecule has 2 aromatic rings. The maximum Gasteiger partial charge on any atom is 0.340 e. The molecule has 0 spiro atoms. The number of para-hydroxylation sites is 1. The van der Waals surface area contributed by atoms with Crippen LogP contribution in [0.3, 0.4) is 0 Å². The first-order valence-corrected chi connectivity index (χ1v) is 8.04. The molecule has 0 aliphatic heterocycles. The van der Waals surface area contributed by atoms with Crippen LogP contribution in [-0.4, -0.2) is 24.5 Å². The lowest BCUT2D eigenvalue weighted by Crippen LogP contribution is -2.41. The summed E-state index contributed by atoms with van der Waals surface area (Å²) in [6, 6.07) is 7.52. The summed E-state index contributed by atoms with van der Waals surface area (Å²) in [5.41, 5.74) is 5.78. The molecule has 0 bridgehead atoms. The number of imide groups is 1. The summed E-state index contributed by atoms with van der Waals surface area (Å²) in [5, 5.41) is 6.66. The molecule has 0 aliphatic rings. The van der Waals surface area contributed by atoms with Crippen LogP contribution in [0.4, 0.5) is 10.5 Å². The lowest BCUT2D eigenvalue weighted by molar-refractivity contribution is -0.123. The Balaban J connectivity index is 1.77. The van der Waals surface area contributed by atoms with Crippen LogP contribution in [0.5, 0.6) is 0 Å². The minimum Gasteiger partial charge on any atom is -0.452 e. The second kappa shape index (κ2) is 8.32. The average Bonchev–Trinajstić information content (AvgIpc) is 3.07. The number of amides is 3. The third kappa shape index (κ3) is 4.97. The lowest BCUT2D eigenvalue weighted by atomic mass is 10.2. The molecule has 0 unspecified atom stereocenters. The molecule has 1 aromatic carbocycles. The number of anilines is 1. The SMILES string of the molecule is Nc1c(Cl)cccc1C(=O)OCC(=O)NC(=O)NCc1cccs1. The quantitative estimate of drug-likeness (QED) is 0.554. The van der Waals surface area contributed by atoms with Crippen LogP contribution in [0.2, 0.25) is 5.02 Å². The van der Waals surface area contributed by atoms with Crippen LogP contribution in [0.1, 0.15) is 15.2 Å². The predicted octanol–water partition coefficient (Wildman–Crippen LogP) is 2.17. The highest BCUT2D eigenvalue weighted by Crippen LogP contribution is 2.22. The molecule has 3 amide bonds. The molecular formula is C15H14ClN3O4S. The van der Waals surface area contributed by atoms with E-state index in [1.54, 1.807) is 0 Å². The molecule has 1 aromatic heterocycles. The topological polar surface area (TPSA) is 111 Å². The molecule has 126 valence electrons. The number of carbonyl (C=O) groups is 3. The van der Waals surface area contributed by atoms with Crippen molar-refractivity contribution in [2.75, 3.05) is 12.3 Å². The third-order valence-corrected chi connectivity index (χ3v) is 4.07. The van der Waals surface area contributed by atoms with E-state index in [0.717, 1.165) is 4.88 Å². The largest absolute Gasteiger partial charge is 0.452 e. The van der Waals surface area contributed by atoms with Crippen LogP contribution in [0, 0.1) is 0 Å². The van der Waals surface area contributed by atoms with Gasteiger partial charge in [0.1, 0.15) is 0 Å². The van der Waals surface area contributed by atoms with E-state index in [2.05, 4.69) is 10.6 Å². The van der Waals surface area contributed by atoms with Crippen molar-refractivity contribution in [1.82, 2.24) is 10.6 Å².